The summed E-state index contributed by atoms with van der Waals surface area (Å²) in [6.07, 6.45) is 7.92. The summed E-state index contributed by atoms with van der Waals surface area (Å²) in [5.74, 6) is 3.57. The van der Waals surface area contributed by atoms with Crippen molar-refractivity contribution in [3.63, 3.8) is 0 Å². The second kappa shape index (κ2) is 4.90. The Hall–Kier alpha value is -1.06. The molecule has 1 fully saturated rings. The molecule has 0 radical (unpaired) electrons. The normalized spacial score (nSPS) is 28.8. The van der Waals surface area contributed by atoms with Crippen molar-refractivity contribution in [1.29, 1.82) is 0 Å². The molecule has 18 heavy (non-hydrogen) atoms. The number of nitrogens with two attached hydrogens (primary N) is 1. The molecular weight excluding hydrogens is 224 g/mol. The Morgan fingerprint density at radius 3 is 2.72 bits per heavy atom. The topological polar surface area (TPSA) is 51.2 Å². The predicted octanol–water partition coefficient (Wildman–Crippen LogP) is 2.71. The zero-order chi connectivity index (χ0) is 12.5. The maximum atomic E-state index is 5.98. The third kappa shape index (κ3) is 2.38. The van der Waals surface area contributed by atoms with Gasteiger partial charge in [0.2, 0.25) is 0 Å². The van der Waals surface area contributed by atoms with Gasteiger partial charge in [-0.15, -0.1) is 0 Å². The molecule has 0 aliphatic heterocycles. The van der Waals surface area contributed by atoms with E-state index in [2.05, 4.69) is 36.5 Å². The molecule has 3 N–H and O–H groups in total. The number of hydrogen-bond donors (Lipinski definition) is 2. The molecule has 2 aliphatic rings. The molecule has 1 saturated carbocycles. The van der Waals surface area contributed by atoms with Crippen LogP contribution < -0.4 is 11.1 Å². The average molecular weight is 246 g/mol. The summed E-state index contributed by atoms with van der Waals surface area (Å²) in [6, 6.07) is 4.89. The Morgan fingerprint density at radius 1 is 1.39 bits per heavy atom. The van der Waals surface area contributed by atoms with Gasteiger partial charge in [-0.25, -0.2) is 0 Å². The standard InChI is InChI=1S/C15H22N2O/c1-10-8-12(10)14-6-7-15(18-14)13(9-16)17-11-4-2-3-5-11/h2-3,6-7,10-13,17H,4-5,8-9,16H2,1H3. The Labute approximate surface area is 108 Å². The van der Waals surface area contributed by atoms with Gasteiger partial charge in [-0.3, -0.25) is 0 Å². The molecule has 98 valence electrons. The maximum absolute atomic E-state index is 5.98. The van der Waals surface area contributed by atoms with E-state index in [4.69, 9.17) is 10.2 Å². The van der Waals surface area contributed by atoms with Crippen molar-refractivity contribution in [2.45, 2.75) is 44.2 Å². The highest BCUT2D eigenvalue weighted by Crippen LogP contribution is 2.47. The first kappa shape index (κ1) is 12.0. The van der Waals surface area contributed by atoms with Gasteiger partial charge in [-0.2, -0.15) is 0 Å². The summed E-state index contributed by atoms with van der Waals surface area (Å²) in [5.41, 5.74) is 5.87. The van der Waals surface area contributed by atoms with E-state index in [1.54, 1.807) is 0 Å². The Morgan fingerprint density at radius 2 is 2.11 bits per heavy atom. The minimum Gasteiger partial charge on any atom is -0.464 e. The highest BCUT2D eigenvalue weighted by Gasteiger charge is 2.37. The third-order valence-corrected chi connectivity index (χ3v) is 4.15. The van der Waals surface area contributed by atoms with E-state index in [9.17, 15) is 0 Å². The predicted molar refractivity (Wildman–Crippen MR) is 72.3 cm³/mol. The first-order valence-corrected chi connectivity index (χ1v) is 6.98. The van der Waals surface area contributed by atoms with Crippen LogP contribution >= 0.6 is 0 Å². The molecule has 1 heterocycles. The van der Waals surface area contributed by atoms with Crippen molar-refractivity contribution in [2.24, 2.45) is 11.7 Å². The molecular formula is C15H22N2O. The lowest BCUT2D eigenvalue weighted by atomic mass is 10.1. The van der Waals surface area contributed by atoms with Gasteiger partial charge in [0.15, 0.2) is 0 Å². The van der Waals surface area contributed by atoms with Crippen LogP contribution in [-0.2, 0) is 0 Å². The van der Waals surface area contributed by atoms with Crippen LogP contribution in [0.3, 0.4) is 0 Å². The van der Waals surface area contributed by atoms with E-state index in [1.165, 1.54) is 6.42 Å². The monoisotopic (exact) mass is 246 g/mol. The van der Waals surface area contributed by atoms with Crippen LogP contribution in [0.1, 0.15) is 49.7 Å². The molecule has 3 heteroatoms. The fourth-order valence-corrected chi connectivity index (χ4v) is 2.78. The molecule has 1 aromatic rings. The van der Waals surface area contributed by atoms with Gasteiger partial charge >= 0.3 is 0 Å². The van der Waals surface area contributed by atoms with E-state index < -0.39 is 0 Å². The summed E-state index contributed by atoms with van der Waals surface area (Å²) >= 11 is 0. The zero-order valence-electron chi connectivity index (χ0n) is 10.9. The number of nitrogens with one attached hydrogen (secondary N) is 1. The molecule has 0 aromatic carbocycles. The Kier molecular flexibility index (Phi) is 3.27. The van der Waals surface area contributed by atoms with Crippen LogP contribution in [0.4, 0.5) is 0 Å². The Bertz CT molecular complexity index is 429. The van der Waals surface area contributed by atoms with Gasteiger partial charge in [0.25, 0.3) is 0 Å². The second-order valence-electron chi connectivity index (χ2n) is 5.65. The van der Waals surface area contributed by atoms with Gasteiger partial charge in [-0.1, -0.05) is 19.1 Å². The van der Waals surface area contributed by atoms with Gasteiger partial charge in [0, 0.05) is 18.5 Å². The van der Waals surface area contributed by atoms with Crippen LogP contribution in [0.5, 0.6) is 0 Å². The molecule has 0 saturated heterocycles. The van der Waals surface area contributed by atoms with Crippen LogP contribution in [0.15, 0.2) is 28.7 Å². The first-order chi connectivity index (χ1) is 8.78. The van der Waals surface area contributed by atoms with Gasteiger partial charge in [0.1, 0.15) is 11.5 Å². The minimum absolute atomic E-state index is 0.151. The zero-order valence-corrected chi connectivity index (χ0v) is 10.9. The molecule has 0 amide bonds. The van der Waals surface area contributed by atoms with Crippen molar-refractivity contribution in [1.82, 2.24) is 5.32 Å². The first-order valence-electron chi connectivity index (χ1n) is 6.98. The quantitative estimate of drug-likeness (QED) is 0.785. The van der Waals surface area contributed by atoms with E-state index >= 15 is 0 Å². The smallest absolute Gasteiger partial charge is 0.122 e. The Balaban J connectivity index is 1.65. The molecule has 3 rings (SSSR count). The van der Waals surface area contributed by atoms with Crippen LogP contribution in [0, 0.1) is 5.92 Å². The molecule has 1 aromatic heterocycles. The van der Waals surface area contributed by atoms with E-state index in [0.29, 0.717) is 18.5 Å². The fourth-order valence-electron chi connectivity index (χ4n) is 2.78. The third-order valence-electron chi connectivity index (χ3n) is 4.15. The molecule has 3 nitrogen and oxygen atoms in total. The highest BCUT2D eigenvalue weighted by atomic mass is 16.3. The number of hydrogen-bond acceptors (Lipinski definition) is 3. The van der Waals surface area contributed by atoms with Gasteiger partial charge in [-0.05, 0) is 37.3 Å². The lowest BCUT2D eigenvalue weighted by molar-refractivity contribution is 0.366. The van der Waals surface area contributed by atoms with Crippen LogP contribution in [0.25, 0.3) is 0 Å². The van der Waals surface area contributed by atoms with Gasteiger partial charge in [0.05, 0.1) is 6.04 Å². The number of rotatable bonds is 5. The molecule has 0 spiro atoms. The molecule has 3 unspecified atom stereocenters. The summed E-state index contributed by atoms with van der Waals surface area (Å²) in [4.78, 5) is 0. The van der Waals surface area contributed by atoms with Crippen molar-refractivity contribution in [3.8, 4) is 0 Å². The van der Waals surface area contributed by atoms with Crippen molar-refractivity contribution in [3.05, 3.63) is 35.8 Å². The summed E-state index contributed by atoms with van der Waals surface area (Å²) in [7, 11) is 0. The lowest BCUT2D eigenvalue weighted by Crippen LogP contribution is -2.35. The summed E-state index contributed by atoms with van der Waals surface area (Å²) < 4.78 is 5.98. The van der Waals surface area contributed by atoms with Crippen LogP contribution in [0.2, 0.25) is 0 Å². The number of furan rings is 1. The maximum Gasteiger partial charge on any atom is 0.122 e. The summed E-state index contributed by atoms with van der Waals surface area (Å²) in [6.45, 7) is 2.86. The van der Waals surface area contributed by atoms with Gasteiger partial charge < -0.3 is 15.5 Å². The minimum atomic E-state index is 0.151. The van der Waals surface area contributed by atoms with Crippen molar-refractivity contribution >= 4 is 0 Å². The lowest BCUT2D eigenvalue weighted by Gasteiger charge is -2.19. The fraction of sp³-hybridized carbons (Fsp3) is 0.600. The van der Waals surface area contributed by atoms with Crippen molar-refractivity contribution < 1.29 is 4.42 Å². The second-order valence-corrected chi connectivity index (χ2v) is 5.65. The van der Waals surface area contributed by atoms with E-state index in [0.717, 1.165) is 30.3 Å². The largest absolute Gasteiger partial charge is 0.464 e. The molecule has 0 bridgehead atoms. The summed E-state index contributed by atoms with van der Waals surface area (Å²) in [5, 5.41) is 3.58. The molecule has 2 aliphatic carbocycles. The van der Waals surface area contributed by atoms with E-state index in [1.807, 2.05) is 0 Å². The van der Waals surface area contributed by atoms with Crippen molar-refractivity contribution in [2.75, 3.05) is 6.54 Å². The van der Waals surface area contributed by atoms with E-state index in [-0.39, 0.29) is 6.04 Å². The SMILES string of the molecule is CC1CC1c1ccc(C(CN)NC2CC=CC2)o1. The van der Waals surface area contributed by atoms with Crippen LogP contribution in [-0.4, -0.2) is 12.6 Å². The molecule has 3 atom stereocenters. The highest BCUT2D eigenvalue weighted by molar-refractivity contribution is 5.19. The average Bonchev–Trinajstić information content (AvgIpc) is 2.86.